The van der Waals surface area contributed by atoms with E-state index in [-0.39, 0.29) is 12.2 Å². The van der Waals surface area contributed by atoms with Gasteiger partial charge in [-0.3, -0.25) is 4.79 Å². The molecule has 0 amide bonds. The largest absolute Gasteiger partial charge is 0.390 e. The lowest BCUT2D eigenvalue weighted by molar-refractivity contribution is 0.275. The van der Waals surface area contributed by atoms with Gasteiger partial charge in [0.15, 0.2) is 0 Å². The highest BCUT2D eigenvalue weighted by molar-refractivity contribution is 5.16. The Kier molecular flexibility index (Phi) is 1.87. The van der Waals surface area contributed by atoms with E-state index in [2.05, 4.69) is 4.98 Å². The SMILES string of the molecule is Cc1ccc(=O)[nH]c1CO. The molecule has 1 rings (SSSR count). The van der Waals surface area contributed by atoms with Crippen LogP contribution in [0.1, 0.15) is 11.3 Å². The molecule has 1 aromatic heterocycles. The van der Waals surface area contributed by atoms with Gasteiger partial charge in [0.2, 0.25) is 5.56 Å². The highest BCUT2D eigenvalue weighted by atomic mass is 16.3. The zero-order valence-corrected chi connectivity index (χ0v) is 5.72. The number of aromatic nitrogens is 1. The summed E-state index contributed by atoms with van der Waals surface area (Å²) in [6, 6.07) is 3.12. The number of hydrogen-bond acceptors (Lipinski definition) is 2. The molecule has 0 aliphatic heterocycles. The molecular formula is C7H9NO2. The first-order chi connectivity index (χ1) is 4.74. The second kappa shape index (κ2) is 2.66. The van der Waals surface area contributed by atoms with E-state index in [1.807, 2.05) is 6.92 Å². The van der Waals surface area contributed by atoms with Crippen molar-refractivity contribution in [3.8, 4) is 0 Å². The van der Waals surface area contributed by atoms with Gasteiger partial charge in [-0.05, 0) is 12.5 Å². The summed E-state index contributed by atoms with van der Waals surface area (Å²) < 4.78 is 0. The quantitative estimate of drug-likeness (QED) is 0.583. The first-order valence-corrected chi connectivity index (χ1v) is 3.03. The van der Waals surface area contributed by atoms with Crippen molar-refractivity contribution in [3.05, 3.63) is 33.7 Å². The Morgan fingerprint density at radius 1 is 1.60 bits per heavy atom. The second-order valence-electron chi connectivity index (χ2n) is 2.14. The van der Waals surface area contributed by atoms with E-state index in [4.69, 9.17) is 5.11 Å². The maximum atomic E-state index is 10.6. The van der Waals surface area contributed by atoms with E-state index >= 15 is 0 Å². The van der Waals surface area contributed by atoms with Crippen LogP contribution in [-0.2, 0) is 6.61 Å². The minimum absolute atomic E-state index is 0.109. The molecule has 0 aromatic carbocycles. The predicted octanol–water partition coefficient (Wildman–Crippen LogP) is 0.176. The van der Waals surface area contributed by atoms with Gasteiger partial charge in [-0.15, -0.1) is 0 Å². The highest BCUT2D eigenvalue weighted by Crippen LogP contribution is 1.98. The fourth-order valence-corrected chi connectivity index (χ4v) is 0.754. The molecule has 0 aliphatic carbocycles. The van der Waals surface area contributed by atoms with E-state index in [1.165, 1.54) is 6.07 Å². The molecule has 1 heterocycles. The Morgan fingerprint density at radius 2 is 2.30 bits per heavy atom. The Morgan fingerprint density at radius 3 is 2.80 bits per heavy atom. The molecule has 54 valence electrons. The van der Waals surface area contributed by atoms with Crippen LogP contribution >= 0.6 is 0 Å². The molecule has 3 heteroatoms. The first kappa shape index (κ1) is 7.02. The zero-order chi connectivity index (χ0) is 7.56. The summed E-state index contributed by atoms with van der Waals surface area (Å²) >= 11 is 0. The van der Waals surface area contributed by atoms with Crippen LogP contribution in [0.4, 0.5) is 0 Å². The molecule has 3 nitrogen and oxygen atoms in total. The smallest absolute Gasteiger partial charge is 0.248 e. The number of aliphatic hydroxyl groups excluding tert-OH is 1. The number of H-pyrrole nitrogens is 1. The second-order valence-corrected chi connectivity index (χ2v) is 2.14. The van der Waals surface area contributed by atoms with Gasteiger partial charge in [0.1, 0.15) is 0 Å². The van der Waals surface area contributed by atoms with Crippen molar-refractivity contribution in [1.82, 2.24) is 4.98 Å². The van der Waals surface area contributed by atoms with Crippen LogP contribution in [0.25, 0.3) is 0 Å². The molecule has 0 spiro atoms. The van der Waals surface area contributed by atoms with E-state index in [9.17, 15) is 4.79 Å². The number of aryl methyl sites for hydroxylation is 1. The molecule has 0 saturated heterocycles. The van der Waals surface area contributed by atoms with E-state index in [0.29, 0.717) is 5.69 Å². The van der Waals surface area contributed by atoms with Crippen molar-refractivity contribution < 1.29 is 5.11 Å². The lowest BCUT2D eigenvalue weighted by Crippen LogP contribution is -2.08. The van der Waals surface area contributed by atoms with Crippen LogP contribution < -0.4 is 5.56 Å². The molecule has 0 radical (unpaired) electrons. The Balaban J connectivity index is 3.22. The van der Waals surface area contributed by atoms with Crippen molar-refractivity contribution >= 4 is 0 Å². The zero-order valence-electron chi connectivity index (χ0n) is 5.72. The Bertz CT molecular complexity index is 277. The lowest BCUT2D eigenvalue weighted by atomic mass is 10.2. The van der Waals surface area contributed by atoms with Crippen molar-refractivity contribution in [1.29, 1.82) is 0 Å². The normalized spacial score (nSPS) is 9.80. The number of hydrogen-bond donors (Lipinski definition) is 2. The summed E-state index contributed by atoms with van der Waals surface area (Å²) in [5.41, 5.74) is 1.32. The maximum Gasteiger partial charge on any atom is 0.248 e. The van der Waals surface area contributed by atoms with Gasteiger partial charge >= 0.3 is 0 Å². The van der Waals surface area contributed by atoms with Crippen molar-refractivity contribution in [2.45, 2.75) is 13.5 Å². The number of nitrogens with one attached hydrogen (secondary N) is 1. The number of rotatable bonds is 1. The van der Waals surface area contributed by atoms with Gasteiger partial charge < -0.3 is 10.1 Å². The van der Waals surface area contributed by atoms with Crippen LogP contribution in [-0.4, -0.2) is 10.1 Å². The standard InChI is InChI=1S/C7H9NO2/c1-5-2-3-7(10)8-6(5)4-9/h2-3,9H,4H2,1H3,(H,8,10). The summed E-state index contributed by atoms with van der Waals surface area (Å²) in [5.74, 6) is 0. The van der Waals surface area contributed by atoms with E-state index < -0.39 is 0 Å². The average molecular weight is 139 g/mol. The van der Waals surface area contributed by atoms with Crippen LogP contribution in [0, 0.1) is 6.92 Å². The Hall–Kier alpha value is -1.09. The number of pyridine rings is 1. The molecule has 0 fully saturated rings. The number of aliphatic hydroxyl groups is 1. The van der Waals surface area contributed by atoms with Gasteiger partial charge in [0.25, 0.3) is 0 Å². The molecule has 0 unspecified atom stereocenters. The fourth-order valence-electron chi connectivity index (χ4n) is 0.754. The third-order valence-electron chi connectivity index (χ3n) is 1.39. The predicted molar refractivity (Wildman–Crippen MR) is 37.7 cm³/mol. The van der Waals surface area contributed by atoms with E-state index in [0.717, 1.165) is 5.56 Å². The van der Waals surface area contributed by atoms with Crippen molar-refractivity contribution in [2.24, 2.45) is 0 Å². The molecule has 0 aliphatic rings. The van der Waals surface area contributed by atoms with Gasteiger partial charge in [0.05, 0.1) is 6.61 Å². The van der Waals surface area contributed by atoms with Gasteiger partial charge in [-0.2, -0.15) is 0 Å². The molecule has 2 N–H and O–H groups in total. The molecule has 10 heavy (non-hydrogen) atoms. The van der Waals surface area contributed by atoms with Gasteiger partial charge in [-0.1, -0.05) is 6.07 Å². The molecule has 0 saturated carbocycles. The third-order valence-corrected chi connectivity index (χ3v) is 1.39. The molecular weight excluding hydrogens is 130 g/mol. The molecule has 1 aromatic rings. The summed E-state index contributed by atoms with van der Waals surface area (Å²) in [7, 11) is 0. The Labute approximate surface area is 58.3 Å². The fraction of sp³-hybridized carbons (Fsp3) is 0.286. The number of aromatic amines is 1. The minimum atomic E-state index is -0.172. The maximum absolute atomic E-state index is 10.6. The average Bonchev–Trinajstić information content (AvgIpc) is 1.94. The van der Waals surface area contributed by atoms with Crippen LogP contribution in [0.5, 0.6) is 0 Å². The highest BCUT2D eigenvalue weighted by Gasteiger charge is 1.94. The summed E-state index contributed by atoms with van der Waals surface area (Å²) in [6.07, 6.45) is 0. The van der Waals surface area contributed by atoms with Crippen LogP contribution in [0.15, 0.2) is 16.9 Å². The van der Waals surface area contributed by atoms with Gasteiger partial charge in [0, 0.05) is 11.8 Å². The summed E-state index contributed by atoms with van der Waals surface area (Å²) in [6.45, 7) is 1.73. The molecule has 0 bridgehead atoms. The third kappa shape index (κ3) is 1.25. The lowest BCUT2D eigenvalue weighted by Gasteiger charge is -1.98. The first-order valence-electron chi connectivity index (χ1n) is 3.03. The summed E-state index contributed by atoms with van der Waals surface area (Å²) in [5, 5.41) is 8.67. The van der Waals surface area contributed by atoms with Crippen molar-refractivity contribution in [2.75, 3.05) is 0 Å². The van der Waals surface area contributed by atoms with Crippen LogP contribution in [0.2, 0.25) is 0 Å². The molecule has 0 atom stereocenters. The monoisotopic (exact) mass is 139 g/mol. The van der Waals surface area contributed by atoms with Gasteiger partial charge in [-0.25, -0.2) is 0 Å². The summed E-state index contributed by atoms with van der Waals surface area (Å²) in [4.78, 5) is 13.2. The topological polar surface area (TPSA) is 53.1 Å². The minimum Gasteiger partial charge on any atom is -0.390 e. The van der Waals surface area contributed by atoms with Crippen LogP contribution in [0.3, 0.4) is 0 Å². The van der Waals surface area contributed by atoms with E-state index in [1.54, 1.807) is 6.07 Å². The van der Waals surface area contributed by atoms with Crippen molar-refractivity contribution in [3.63, 3.8) is 0 Å².